The third-order valence-corrected chi connectivity index (χ3v) is 3.84. The fourth-order valence-corrected chi connectivity index (χ4v) is 2.51. The highest BCUT2D eigenvalue weighted by molar-refractivity contribution is 5.41. The topological polar surface area (TPSA) is 21.7 Å². The van der Waals surface area contributed by atoms with Crippen molar-refractivity contribution in [3.63, 3.8) is 0 Å². The Morgan fingerprint density at radius 1 is 1.50 bits per heavy atom. The van der Waals surface area contributed by atoms with E-state index < -0.39 is 0 Å². The number of rotatable bonds is 4. The van der Waals surface area contributed by atoms with Crippen LogP contribution in [0.2, 0.25) is 0 Å². The first-order valence-corrected chi connectivity index (χ1v) is 7.34. The first-order chi connectivity index (χ1) is 9.66. The van der Waals surface area contributed by atoms with Crippen molar-refractivity contribution in [3.8, 4) is 11.5 Å². The summed E-state index contributed by atoms with van der Waals surface area (Å²) in [5.41, 5.74) is 2.61. The molecule has 0 aromatic heterocycles. The van der Waals surface area contributed by atoms with Crippen molar-refractivity contribution in [1.82, 2.24) is 4.90 Å². The van der Waals surface area contributed by atoms with Gasteiger partial charge in [-0.1, -0.05) is 18.6 Å². The number of fused-ring (bicyclic) bond motifs is 1. The molecular weight excluding hydrogens is 250 g/mol. The second-order valence-corrected chi connectivity index (χ2v) is 5.43. The maximum atomic E-state index is 6.13. The van der Waals surface area contributed by atoms with E-state index in [0.29, 0.717) is 0 Å². The number of nitrogens with zero attached hydrogens (tertiary/aromatic N) is 1. The Balaban J connectivity index is 2.25. The van der Waals surface area contributed by atoms with Crippen molar-refractivity contribution < 1.29 is 9.47 Å². The van der Waals surface area contributed by atoms with E-state index in [0.717, 1.165) is 37.6 Å². The van der Waals surface area contributed by atoms with Crippen molar-refractivity contribution in [2.75, 3.05) is 20.2 Å². The van der Waals surface area contributed by atoms with Gasteiger partial charge in [0.1, 0.15) is 17.6 Å². The Bertz CT molecular complexity index is 482. The number of benzene rings is 1. The molecule has 1 aromatic carbocycles. The lowest BCUT2D eigenvalue weighted by Crippen LogP contribution is -2.33. The molecule has 1 unspecified atom stereocenters. The van der Waals surface area contributed by atoms with Gasteiger partial charge in [-0.25, -0.2) is 0 Å². The van der Waals surface area contributed by atoms with Gasteiger partial charge in [-0.15, -0.1) is 0 Å². The van der Waals surface area contributed by atoms with Crippen molar-refractivity contribution in [1.29, 1.82) is 0 Å². The van der Waals surface area contributed by atoms with Gasteiger partial charge in [0.05, 0.1) is 7.11 Å². The minimum atomic E-state index is 0.259. The van der Waals surface area contributed by atoms with Gasteiger partial charge in [-0.05, 0) is 38.5 Å². The predicted molar refractivity (Wildman–Crippen MR) is 82.4 cm³/mol. The van der Waals surface area contributed by atoms with Gasteiger partial charge in [0.15, 0.2) is 0 Å². The zero-order valence-corrected chi connectivity index (χ0v) is 13.0. The molecule has 0 bridgehead atoms. The van der Waals surface area contributed by atoms with Crippen LogP contribution in [0.25, 0.3) is 0 Å². The highest BCUT2D eigenvalue weighted by atomic mass is 16.5. The summed E-state index contributed by atoms with van der Waals surface area (Å²) >= 11 is 0. The molecule has 0 aliphatic carbocycles. The molecule has 3 heteroatoms. The minimum absolute atomic E-state index is 0.259. The summed E-state index contributed by atoms with van der Waals surface area (Å²) in [4.78, 5) is 2.45. The number of hydrogen-bond donors (Lipinski definition) is 0. The quantitative estimate of drug-likeness (QED) is 0.783. The summed E-state index contributed by atoms with van der Waals surface area (Å²) in [6.07, 6.45) is 3.46. The largest absolute Gasteiger partial charge is 0.497 e. The summed E-state index contributed by atoms with van der Waals surface area (Å²) < 4.78 is 11.5. The minimum Gasteiger partial charge on any atom is -0.497 e. The average Bonchev–Trinajstić information content (AvgIpc) is 2.64. The lowest BCUT2D eigenvalue weighted by molar-refractivity contribution is 0.149. The van der Waals surface area contributed by atoms with Crippen molar-refractivity contribution in [2.45, 2.75) is 39.8 Å². The zero-order chi connectivity index (χ0) is 14.5. The molecule has 1 atom stereocenters. The fraction of sp³-hybridized carbons (Fsp3) is 0.529. The normalized spacial score (nSPS) is 20.0. The molecule has 1 heterocycles. The van der Waals surface area contributed by atoms with E-state index in [-0.39, 0.29) is 6.10 Å². The van der Waals surface area contributed by atoms with Crippen molar-refractivity contribution >= 4 is 0 Å². The second kappa shape index (κ2) is 6.80. The Morgan fingerprint density at radius 2 is 2.30 bits per heavy atom. The standard InChI is InChI=1S/C17H25NO2/c1-5-13(3)10-18-11-14-9-16(19-4)7-8-17(14)20-15(6-2)12-18/h5,7-9,15H,6,10-12H2,1-4H3/b13-5+. The Morgan fingerprint density at radius 3 is 2.95 bits per heavy atom. The molecule has 0 saturated heterocycles. The molecule has 0 saturated carbocycles. The van der Waals surface area contributed by atoms with Crippen LogP contribution in [0.4, 0.5) is 0 Å². The monoisotopic (exact) mass is 275 g/mol. The molecular formula is C17H25NO2. The third-order valence-electron chi connectivity index (χ3n) is 3.84. The van der Waals surface area contributed by atoms with Crippen LogP contribution >= 0.6 is 0 Å². The zero-order valence-electron chi connectivity index (χ0n) is 13.0. The third kappa shape index (κ3) is 3.54. The van der Waals surface area contributed by atoms with Crippen LogP contribution in [0, 0.1) is 0 Å². The van der Waals surface area contributed by atoms with E-state index in [1.165, 1.54) is 11.1 Å². The number of hydrogen-bond acceptors (Lipinski definition) is 3. The van der Waals surface area contributed by atoms with Gasteiger partial charge >= 0.3 is 0 Å². The SMILES string of the molecule is C/C=C(\C)CN1Cc2cc(OC)ccc2OC(CC)C1. The van der Waals surface area contributed by atoms with Crippen molar-refractivity contribution in [2.24, 2.45) is 0 Å². The van der Waals surface area contributed by atoms with Crippen LogP contribution in [0.1, 0.15) is 32.8 Å². The molecule has 0 radical (unpaired) electrons. The Labute approximate surface area is 122 Å². The maximum Gasteiger partial charge on any atom is 0.124 e. The first kappa shape index (κ1) is 14.9. The first-order valence-electron chi connectivity index (χ1n) is 7.34. The lowest BCUT2D eigenvalue weighted by Gasteiger charge is -2.23. The molecule has 20 heavy (non-hydrogen) atoms. The summed E-state index contributed by atoms with van der Waals surface area (Å²) in [6.45, 7) is 9.33. The molecule has 0 amide bonds. The summed E-state index contributed by atoms with van der Waals surface area (Å²) in [7, 11) is 1.70. The molecule has 0 N–H and O–H groups in total. The summed E-state index contributed by atoms with van der Waals surface area (Å²) in [6, 6.07) is 6.09. The molecule has 1 aliphatic heterocycles. The lowest BCUT2D eigenvalue weighted by atomic mass is 10.1. The highest BCUT2D eigenvalue weighted by Crippen LogP contribution is 2.29. The number of allylic oxidation sites excluding steroid dienone is 1. The van der Waals surface area contributed by atoms with Gasteiger partial charge in [-0.3, -0.25) is 4.90 Å². The summed E-state index contributed by atoms with van der Waals surface area (Å²) in [5, 5.41) is 0. The van der Waals surface area contributed by atoms with E-state index in [1.807, 2.05) is 12.1 Å². The Hall–Kier alpha value is -1.48. The molecule has 1 aliphatic rings. The van der Waals surface area contributed by atoms with Crippen LogP contribution in [0.5, 0.6) is 11.5 Å². The van der Waals surface area contributed by atoms with Crippen LogP contribution in [0.3, 0.4) is 0 Å². The van der Waals surface area contributed by atoms with Gasteiger partial charge in [0, 0.05) is 25.2 Å². The van der Waals surface area contributed by atoms with E-state index in [9.17, 15) is 0 Å². The van der Waals surface area contributed by atoms with Crippen LogP contribution in [-0.4, -0.2) is 31.2 Å². The molecule has 0 spiro atoms. The van der Waals surface area contributed by atoms with Gasteiger partial charge < -0.3 is 9.47 Å². The smallest absolute Gasteiger partial charge is 0.124 e. The van der Waals surface area contributed by atoms with E-state index in [4.69, 9.17) is 9.47 Å². The summed E-state index contributed by atoms with van der Waals surface area (Å²) in [5.74, 6) is 1.89. The second-order valence-electron chi connectivity index (χ2n) is 5.43. The van der Waals surface area contributed by atoms with E-state index in [1.54, 1.807) is 7.11 Å². The molecule has 2 rings (SSSR count). The molecule has 0 fully saturated rings. The number of methoxy groups -OCH3 is 1. The average molecular weight is 275 g/mol. The molecule has 1 aromatic rings. The Kier molecular flexibility index (Phi) is 5.07. The van der Waals surface area contributed by atoms with Crippen LogP contribution in [0.15, 0.2) is 29.8 Å². The highest BCUT2D eigenvalue weighted by Gasteiger charge is 2.22. The van der Waals surface area contributed by atoms with Gasteiger partial charge in [-0.2, -0.15) is 0 Å². The predicted octanol–water partition coefficient (Wildman–Crippen LogP) is 3.63. The van der Waals surface area contributed by atoms with Crippen LogP contribution < -0.4 is 9.47 Å². The fourth-order valence-electron chi connectivity index (χ4n) is 2.51. The van der Waals surface area contributed by atoms with Gasteiger partial charge in [0.25, 0.3) is 0 Å². The van der Waals surface area contributed by atoms with E-state index >= 15 is 0 Å². The molecule has 110 valence electrons. The van der Waals surface area contributed by atoms with Crippen LogP contribution in [-0.2, 0) is 6.54 Å². The van der Waals surface area contributed by atoms with E-state index in [2.05, 4.69) is 37.8 Å². The molecule has 3 nitrogen and oxygen atoms in total. The maximum absolute atomic E-state index is 6.13. The van der Waals surface area contributed by atoms with Crippen molar-refractivity contribution in [3.05, 3.63) is 35.4 Å². The number of ether oxygens (including phenoxy) is 2. The van der Waals surface area contributed by atoms with Gasteiger partial charge in [0.2, 0.25) is 0 Å².